The zero-order valence-electron chi connectivity index (χ0n) is 10.9. The number of hydrogen-bond acceptors (Lipinski definition) is 2. The van der Waals surface area contributed by atoms with Gasteiger partial charge in [0.05, 0.1) is 21.1 Å². The summed E-state index contributed by atoms with van der Waals surface area (Å²) in [6.45, 7) is 2.09. The molecular formula is C12H19IN2OS. The van der Waals surface area contributed by atoms with Gasteiger partial charge < -0.3 is 29.3 Å². The fourth-order valence-electron chi connectivity index (χ4n) is 1.53. The fourth-order valence-corrected chi connectivity index (χ4v) is 2.16. The molecule has 0 aliphatic carbocycles. The summed E-state index contributed by atoms with van der Waals surface area (Å²) in [6.07, 6.45) is 0. The lowest BCUT2D eigenvalue weighted by Crippen LogP contribution is -3.00. The number of halogens is 1. The van der Waals surface area contributed by atoms with Gasteiger partial charge in [-0.15, -0.1) is 0 Å². The molecule has 0 aliphatic rings. The van der Waals surface area contributed by atoms with Crippen molar-refractivity contribution in [2.45, 2.75) is 11.8 Å². The molecule has 0 saturated heterocycles. The monoisotopic (exact) mass is 366 g/mol. The molecule has 0 heterocycles. The van der Waals surface area contributed by atoms with Gasteiger partial charge in [-0.3, -0.25) is 9.28 Å². The van der Waals surface area contributed by atoms with E-state index in [1.54, 1.807) is 7.05 Å². The highest BCUT2D eigenvalue weighted by atomic mass is 127. The Labute approximate surface area is 125 Å². The van der Waals surface area contributed by atoms with Crippen LogP contribution in [0.4, 0.5) is 10.5 Å². The van der Waals surface area contributed by atoms with Crippen molar-refractivity contribution in [3.05, 3.63) is 23.8 Å². The lowest BCUT2D eigenvalue weighted by molar-refractivity contribution is -0.00000643. The molecule has 3 nitrogen and oxygen atoms in total. The van der Waals surface area contributed by atoms with Gasteiger partial charge in [0.1, 0.15) is 5.69 Å². The largest absolute Gasteiger partial charge is 1.00 e. The van der Waals surface area contributed by atoms with Crippen molar-refractivity contribution in [3.8, 4) is 0 Å². The number of benzene rings is 1. The second-order valence-corrected chi connectivity index (χ2v) is 5.65. The van der Waals surface area contributed by atoms with Crippen LogP contribution in [-0.4, -0.2) is 33.4 Å². The van der Waals surface area contributed by atoms with Gasteiger partial charge in [0.2, 0.25) is 0 Å². The molecule has 0 aliphatic heterocycles. The predicted octanol–water partition coefficient (Wildman–Crippen LogP) is -0.373. The molecule has 0 saturated carbocycles. The maximum Gasteiger partial charge on any atom is 0.283 e. The molecule has 0 aromatic heterocycles. The van der Waals surface area contributed by atoms with Gasteiger partial charge in [-0.1, -0.05) is 6.07 Å². The minimum atomic E-state index is -0.0313. The molecule has 96 valence electrons. The van der Waals surface area contributed by atoms with E-state index in [1.165, 1.54) is 23.0 Å². The number of rotatable bonds is 2. The first-order valence-corrected chi connectivity index (χ1v) is 5.98. The van der Waals surface area contributed by atoms with Crippen LogP contribution in [0.1, 0.15) is 5.56 Å². The van der Waals surface area contributed by atoms with Crippen LogP contribution in [-0.2, 0) is 0 Å². The van der Waals surface area contributed by atoms with Gasteiger partial charge in [0, 0.05) is 23.6 Å². The lowest BCUT2D eigenvalue weighted by Gasteiger charge is -2.25. The highest BCUT2D eigenvalue weighted by molar-refractivity contribution is 8.13. The van der Waals surface area contributed by atoms with Gasteiger partial charge in [-0.25, -0.2) is 0 Å². The summed E-state index contributed by atoms with van der Waals surface area (Å²) in [5.74, 6) is 0. The molecule has 0 unspecified atom stereocenters. The summed E-state index contributed by atoms with van der Waals surface area (Å²) in [5.41, 5.74) is 2.47. The van der Waals surface area contributed by atoms with Gasteiger partial charge in [-0.05, 0) is 24.8 Å². The quantitative estimate of drug-likeness (QED) is 0.440. The molecule has 0 spiro atoms. The van der Waals surface area contributed by atoms with Crippen molar-refractivity contribution in [1.82, 2.24) is 9.80 Å². The van der Waals surface area contributed by atoms with E-state index in [9.17, 15) is 4.79 Å². The number of nitrogens with one attached hydrogen (secondary N) is 1. The van der Waals surface area contributed by atoms with Crippen molar-refractivity contribution in [2.75, 3.05) is 28.2 Å². The van der Waals surface area contributed by atoms with Gasteiger partial charge in [0.25, 0.3) is 5.24 Å². The zero-order valence-corrected chi connectivity index (χ0v) is 13.8. The molecule has 0 bridgehead atoms. The van der Waals surface area contributed by atoms with Crippen molar-refractivity contribution in [1.29, 1.82) is 0 Å². The number of aryl methyl sites for hydroxylation is 1. The molecule has 1 aromatic rings. The van der Waals surface area contributed by atoms with E-state index in [4.69, 9.17) is 0 Å². The highest BCUT2D eigenvalue weighted by Crippen LogP contribution is 2.28. The van der Waals surface area contributed by atoms with E-state index < -0.39 is 0 Å². The number of nitrogens with zero attached hydrogens (tertiary/aromatic N) is 1. The van der Waals surface area contributed by atoms with Crippen molar-refractivity contribution in [2.24, 2.45) is 0 Å². The van der Waals surface area contributed by atoms with Gasteiger partial charge in [0.15, 0.2) is 0 Å². The third kappa shape index (κ3) is 4.85. The second-order valence-electron chi connectivity index (χ2n) is 4.60. The minimum Gasteiger partial charge on any atom is -1.00 e. The Morgan fingerprint density at radius 1 is 1.29 bits per heavy atom. The van der Waals surface area contributed by atoms with E-state index in [1.807, 2.05) is 6.07 Å². The van der Waals surface area contributed by atoms with Gasteiger partial charge >= 0.3 is 0 Å². The summed E-state index contributed by atoms with van der Waals surface area (Å²) in [5, 5.41) is 2.57. The Bertz CT molecular complexity index is 402. The average Bonchev–Trinajstić information content (AvgIpc) is 2.19. The van der Waals surface area contributed by atoms with E-state index in [2.05, 4.69) is 45.5 Å². The molecule has 1 rings (SSSR count). The van der Waals surface area contributed by atoms with Crippen LogP contribution in [0.15, 0.2) is 23.1 Å². The maximum atomic E-state index is 11.3. The van der Waals surface area contributed by atoms with Crippen LogP contribution in [0.3, 0.4) is 0 Å². The second kappa shape index (κ2) is 6.61. The first-order chi connectivity index (χ1) is 7.34. The standard InChI is InChI=1S/C12H18N2OS.HI/c1-9-6-7-10(16-12(15)13-2)8-11(9)14(3,4)5;/h6-8H,1-5H3;1H. The molecule has 0 fully saturated rings. The third-order valence-corrected chi connectivity index (χ3v) is 3.20. The zero-order chi connectivity index (χ0) is 12.3. The minimum absolute atomic E-state index is 0. The Morgan fingerprint density at radius 2 is 1.88 bits per heavy atom. The van der Waals surface area contributed by atoms with Crippen LogP contribution >= 0.6 is 11.8 Å². The fraction of sp³-hybridized carbons (Fsp3) is 0.417. The normalized spacial score (nSPS) is 10.6. The van der Waals surface area contributed by atoms with E-state index in [0.717, 1.165) is 9.38 Å². The number of hydrogen-bond donors (Lipinski definition) is 1. The number of carbonyl (C=O) groups excluding carboxylic acids is 1. The Hall–Kier alpha value is -0.270. The molecule has 17 heavy (non-hydrogen) atoms. The Morgan fingerprint density at radius 3 is 2.35 bits per heavy atom. The predicted molar refractivity (Wildman–Crippen MR) is 71.1 cm³/mol. The number of amides is 1. The molecule has 0 atom stereocenters. The number of thioether (sulfide) groups is 1. The third-order valence-electron chi connectivity index (χ3n) is 2.32. The summed E-state index contributed by atoms with van der Waals surface area (Å²) < 4.78 is 0.758. The smallest absolute Gasteiger partial charge is 0.283 e. The lowest BCUT2D eigenvalue weighted by atomic mass is 10.2. The summed E-state index contributed by atoms with van der Waals surface area (Å²) >= 11 is 1.22. The Kier molecular flexibility index (Phi) is 6.50. The highest BCUT2D eigenvalue weighted by Gasteiger charge is 2.16. The van der Waals surface area contributed by atoms with E-state index in [0.29, 0.717) is 0 Å². The van der Waals surface area contributed by atoms with Crippen molar-refractivity contribution >= 4 is 22.7 Å². The van der Waals surface area contributed by atoms with Crippen LogP contribution in [0.25, 0.3) is 0 Å². The molecule has 1 amide bonds. The van der Waals surface area contributed by atoms with Crippen LogP contribution in [0.2, 0.25) is 0 Å². The molecule has 5 heteroatoms. The molecular weight excluding hydrogens is 347 g/mol. The first kappa shape index (κ1) is 16.7. The first-order valence-electron chi connectivity index (χ1n) is 5.17. The van der Waals surface area contributed by atoms with Crippen LogP contribution in [0, 0.1) is 6.92 Å². The maximum absolute atomic E-state index is 11.3. The number of carbonyl (C=O) groups is 1. The van der Waals surface area contributed by atoms with Crippen molar-refractivity contribution < 1.29 is 28.8 Å². The van der Waals surface area contributed by atoms with Crippen LogP contribution in [0.5, 0.6) is 0 Å². The van der Waals surface area contributed by atoms with E-state index in [-0.39, 0.29) is 29.2 Å². The van der Waals surface area contributed by atoms with Crippen LogP contribution < -0.4 is 33.8 Å². The molecule has 1 aromatic carbocycles. The van der Waals surface area contributed by atoms with Crippen molar-refractivity contribution in [3.63, 3.8) is 0 Å². The molecule has 1 N–H and O–H groups in total. The molecule has 0 radical (unpaired) electrons. The summed E-state index contributed by atoms with van der Waals surface area (Å²) in [6, 6.07) is 6.12. The Balaban J connectivity index is 0.00000256. The average molecular weight is 366 g/mol. The number of quaternary nitrogens is 1. The summed E-state index contributed by atoms with van der Waals surface area (Å²) in [4.78, 5) is 12.3. The topological polar surface area (TPSA) is 29.1 Å². The SMILES string of the molecule is CNC(=O)Sc1ccc(C)c([N+](C)(C)C)c1.[I-]. The van der Waals surface area contributed by atoms with E-state index >= 15 is 0 Å². The summed E-state index contributed by atoms with van der Waals surface area (Å²) in [7, 11) is 8.01. The van der Waals surface area contributed by atoms with Gasteiger partial charge in [-0.2, -0.15) is 0 Å².